The predicted octanol–water partition coefficient (Wildman–Crippen LogP) is 4.44. The Labute approximate surface area is 109 Å². The molecule has 17 heavy (non-hydrogen) atoms. The lowest BCUT2D eigenvalue weighted by molar-refractivity contribution is 0.0196. The fourth-order valence-corrected chi connectivity index (χ4v) is 5.63. The molecule has 0 atom stereocenters. The number of hydrogen-bond donors (Lipinski definition) is 0. The van der Waals surface area contributed by atoms with E-state index in [1.54, 1.807) is 0 Å². The molecule has 0 radical (unpaired) electrons. The molecular weight excluding hydrogens is 228 g/mol. The molecule has 0 saturated heterocycles. The van der Waals surface area contributed by atoms with Crippen molar-refractivity contribution in [3.05, 3.63) is 12.3 Å². The van der Waals surface area contributed by atoms with Gasteiger partial charge in [0.1, 0.15) is 0 Å². The predicted molar refractivity (Wildman–Crippen MR) is 77.3 cm³/mol. The van der Waals surface area contributed by atoms with Crippen LogP contribution in [0.1, 0.15) is 55.4 Å². The Bertz CT molecular complexity index is 230. The highest BCUT2D eigenvalue weighted by Crippen LogP contribution is 2.30. The normalized spacial score (nSPS) is 14.2. The average molecular weight is 258 g/mol. The molecule has 0 fully saturated rings. The summed E-state index contributed by atoms with van der Waals surface area (Å²) in [4.78, 5) is 0. The molecule has 0 aliphatic heterocycles. The first kappa shape index (κ1) is 16.9. The molecule has 0 aliphatic carbocycles. The standard InChI is InChI=1S/C14H30O2Si/c1-10-17(11-12(2)3,15-13(4,5)6)16-14(7,8)9/h10,12H,1,11H2,2-9H3. The average Bonchev–Trinajstić information content (AvgIpc) is 1.95. The summed E-state index contributed by atoms with van der Waals surface area (Å²) in [6, 6.07) is 0.949. The van der Waals surface area contributed by atoms with Gasteiger partial charge in [-0.3, -0.25) is 0 Å². The zero-order valence-corrected chi connectivity index (χ0v) is 13.9. The molecule has 3 heteroatoms. The monoisotopic (exact) mass is 258 g/mol. The van der Waals surface area contributed by atoms with E-state index in [0.717, 1.165) is 6.04 Å². The van der Waals surface area contributed by atoms with E-state index in [0.29, 0.717) is 5.92 Å². The summed E-state index contributed by atoms with van der Waals surface area (Å²) < 4.78 is 12.5. The molecule has 0 aromatic carbocycles. The summed E-state index contributed by atoms with van der Waals surface area (Å²) in [5.74, 6) is 0.546. The van der Waals surface area contributed by atoms with Crippen LogP contribution in [-0.2, 0) is 8.85 Å². The summed E-state index contributed by atoms with van der Waals surface area (Å²) in [7, 11) is -2.34. The van der Waals surface area contributed by atoms with Gasteiger partial charge in [-0.2, -0.15) is 0 Å². The van der Waals surface area contributed by atoms with Crippen LogP contribution in [-0.4, -0.2) is 19.8 Å². The van der Waals surface area contributed by atoms with Crippen LogP contribution in [0.2, 0.25) is 6.04 Å². The first-order valence-electron chi connectivity index (χ1n) is 6.43. The molecule has 0 aliphatic rings. The van der Waals surface area contributed by atoms with E-state index in [2.05, 4.69) is 62.0 Å². The van der Waals surface area contributed by atoms with Crippen molar-refractivity contribution in [3.8, 4) is 0 Å². The molecule has 0 amide bonds. The largest absolute Gasteiger partial charge is 0.386 e. The van der Waals surface area contributed by atoms with Gasteiger partial charge in [0.05, 0.1) is 11.2 Å². The van der Waals surface area contributed by atoms with Gasteiger partial charge in [0.25, 0.3) is 0 Å². The van der Waals surface area contributed by atoms with Crippen LogP contribution in [0.15, 0.2) is 12.3 Å². The van der Waals surface area contributed by atoms with Gasteiger partial charge >= 0.3 is 8.56 Å². The molecule has 102 valence electrons. The zero-order valence-electron chi connectivity index (χ0n) is 12.9. The first-order chi connectivity index (χ1) is 7.39. The maximum Gasteiger partial charge on any atom is 0.365 e. The fourth-order valence-electron chi connectivity index (χ4n) is 1.88. The smallest absolute Gasteiger partial charge is 0.365 e. The van der Waals surface area contributed by atoms with Crippen molar-refractivity contribution in [2.75, 3.05) is 0 Å². The van der Waals surface area contributed by atoms with Crippen molar-refractivity contribution in [1.82, 2.24) is 0 Å². The van der Waals surface area contributed by atoms with Gasteiger partial charge in [0, 0.05) is 0 Å². The molecule has 0 unspecified atom stereocenters. The molecule has 2 nitrogen and oxygen atoms in total. The van der Waals surface area contributed by atoms with Gasteiger partial charge in [-0.1, -0.05) is 13.8 Å². The summed E-state index contributed by atoms with van der Waals surface area (Å²) >= 11 is 0. The Morgan fingerprint density at radius 3 is 1.53 bits per heavy atom. The summed E-state index contributed by atoms with van der Waals surface area (Å²) in [6.07, 6.45) is 0. The minimum atomic E-state index is -2.34. The lowest BCUT2D eigenvalue weighted by Gasteiger charge is -2.40. The van der Waals surface area contributed by atoms with E-state index in [1.807, 2.05) is 5.70 Å². The molecule has 0 rings (SSSR count). The quantitative estimate of drug-likeness (QED) is 0.679. The highest BCUT2D eigenvalue weighted by Gasteiger charge is 2.42. The SMILES string of the molecule is C=C[Si](CC(C)C)(OC(C)(C)C)OC(C)(C)C. The third-order valence-corrected chi connectivity index (χ3v) is 5.88. The minimum absolute atomic E-state index is 0.194. The molecule has 0 aromatic rings. The Kier molecular flexibility index (Phi) is 5.64. The minimum Gasteiger partial charge on any atom is -0.386 e. The summed E-state index contributed by atoms with van der Waals surface area (Å²) in [5.41, 5.74) is 1.55. The van der Waals surface area contributed by atoms with Crippen molar-refractivity contribution >= 4 is 8.56 Å². The Balaban J connectivity index is 5.08. The van der Waals surface area contributed by atoms with Crippen LogP contribution in [0.4, 0.5) is 0 Å². The van der Waals surface area contributed by atoms with Crippen molar-refractivity contribution in [3.63, 3.8) is 0 Å². The third-order valence-electron chi connectivity index (χ3n) is 1.96. The molecular formula is C14H30O2Si. The summed E-state index contributed by atoms with van der Waals surface area (Å²) in [6.45, 7) is 20.8. The van der Waals surface area contributed by atoms with Crippen molar-refractivity contribution in [2.24, 2.45) is 5.92 Å². The van der Waals surface area contributed by atoms with Gasteiger partial charge in [-0.15, -0.1) is 6.58 Å². The highest BCUT2D eigenvalue weighted by atomic mass is 28.4. The molecule has 0 saturated carbocycles. The van der Waals surface area contributed by atoms with E-state index in [9.17, 15) is 0 Å². The van der Waals surface area contributed by atoms with E-state index in [1.165, 1.54) is 0 Å². The van der Waals surface area contributed by atoms with Gasteiger partial charge in [-0.05, 0) is 59.2 Å². The van der Waals surface area contributed by atoms with Crippen LogP contribution in [0, 0.1) is 5.92 Å². The molecule has 0 spiro atoms. The Morgan fingerprint density at radius 2 is 1.35 bits per heavy atom. The Hall–Kier alpha value is -0.123. The van der Waals surface area contributed by atoms with E-state index >= 15 is 0 Å². The second-order valence-electron chi connectivity index (χ2n) is 7.04. The van der Waals surface area contributed by atoms with Crippen LogP contribution in [0.3, 0.4) is 0 Å². The zero-order chi connectivity index (χ0) is 13.9. The van der Waals surface area contributed by atoms with Crippen LogP contribution >= 0.6 is 0 Å². The second-order valence-corrected chi connectivity index (χ2v) is 9.89. The van der Waals surface area contributed by atoms with Crippen LogP contribution in [0.25, 0.3) is 0 Å². The molecule has 0 heterocycles. The molecule has 0 N–H and O–H groups in total. The van der Waals surface area contributed by atoms with Gasteiger partial charge in [0.15, 0.2) is 0 Å². The first-order valence-corrected chi connectivity index (χ1v) is 8.53. The van der Waals surface area contributed by atoms with E-state index in [-0.39, 0.29) is 11.2 Å². The van der Waals surface area contributed by atoms with Gasteiger partial charge in [0.2, 0.25) is 0 Å². The maximum atomic E-state index is 6.26. The lowest BCUT2D eigenvalue weighted by atomic mass is 10.2. The van der Waals surface area contributed by atoms with Gasteiger partial charge < -0.3 is 8.85 Å². The van der Waals surface area contributed by atoms with Gasteiger partial charge in [-0.25, -0.2) is 0 Å². The Morgan fingerprint density at radius 1 is 1.00 bits per heavy atom. The highest BCUT2D eigenvalue weighted by molar-refractivity contribution is 6.72. The maximum absolute atomic E-state index is 6.26. The van der Waals surface area contributed by atoms with Crippen molar-refractivity contribution in [1.29, 1.82) is 0 Å². The van der Waals surface area contributed by atoms with E-state index in [4.69, 9.17) is 8.85 Å². The third kappa shape index (κ3) is 7.74. The van der Waals surface area contributed by atoms with Crippen LogP contribution < -0.4 is 0 Å². The van der Waals surface area contributed by atoms with Crippen LogP contribution in [0.5, 0.6) is 0 Å². The molecule has 0 aromatic heterocycles. The summed E-state index contributed by atoms with van der Waals surface area (Å²) in [5, 5.41) is 0. The number of rotatable bonds is 5. The topological polar surface area (TPSA) is 18.5 Å². The number of hydrogen-bond acceptors (Lipinski definition) is 2. The fraction of sp³-hybridized carbons (Fsp3) is 0.857. The van der Waals surface area contributed by atoms with Crippen molar-refractivity contribution < 1.29 is 8.85 Å². The van der Waals surface area contributed by atoms with Crippen molar-refractivity contribution in [2.45, 2.75) is 72.6 Å². The van der Waals surface area contributed by atoms with E-state index < -0.39 is 8.56 Å². The molecule has 0 bridgehead atoms. The second kappa shape index (κ2) is 5.68. The lowest BCUT2D eigenvalue weighted by Crippen LogP contribution is -2.51.